The lowest BCUT2D eigenvalue weighted by molar-refractivity contribution is -0.0424. The quantitative estimate of drug-likeness (QED) is 0.453. The van der Waals surface area contributed by atoms with Crippen LogP contribution in [0.1, 0.15) is 46.9 Å². The van der Waals surface area contributed by atoms with E-state index in [0.717, 1.165) is 66.7 Å². The number of benzene rings is 1. The highest BCUT2D eigenvalue weighted by atomic mass is 32.2. The summed E-state index contributed by atoms with van der Waals surface area (Å²) in [5, 5.41) is 28.3. The fraction of sp³-hybridized carbons (Fsp3) is 0.500. The maximum atomic E-state index is 13.1. The van der Waals surface area contributed by atoms with E-state index in [4.69, 9.17) is 15.0 Å². The zero-order chi connectivity index (χ0) is 22.9. The largest absolute Gasteiger partial charge is 0.394 e. The Morgan fingerprint density at radius 2 is 1.91 bits per heavy atom. The number of fused-ring (bicyclic) bond motifs is 2. The van der Waals surface area contributed by atoms with Crippen LogP contribution >= 0.6 is 11.3 Å². The van der Waals surface area contributed by atoms with Crippen LogP contribution in [0.4, 0.5) is 10.5 Å². The number of nitrogens with zero attached hydrogens (tertiary/aromatic N) is 1. The van der Waals surface area contributed by atoms with Gasteiger partial charge in [0.15, 0.2) is 9.92 Å². The molecule has 2 atom stereocenters. The molecule has 32 heavy (non-hydrogen) atoms. The van der Waals surface area contributed by atoms with Gasteiger partial charge in [0.25, 0.3) is 0 Å². The third kappa shape index (κ3) is 4.75. The van der Waals surface area contributed by atoms with Gasteiger partial charge in [0, 0.05) is 10.6 Å². The summed E-state index contributed by atoms with van der Waals surface area (Å²) in [6.07, 6.45) is 5.97. The van der Waals surface area contributed by atoms with Gasteiger partial charge in [-0.3, -0.25) is 0 Å². The second kappa shape index (κ2) is 9.20. The number of carbonyl (C=O) groups excluding carboxylic acids is 1. The molecule has 10 heteroatoms. The van der Waals surface area contributed by atoms with Crippen molar-refractivity contribution in [3.05, 3.63) is 45.3 Å². The summed E-state index contributed by atoms with van der Waals surface area (Å²) in [6, 6.07) is 4.66. The average Bonchev–Trinajstić information content (AvgIpc) is 3.47. The van der Waals surface area contributed by atoms with Gasteiger partial charge in [0.05, 0.1) is 19.8 Å². The van der Waals surface area contributed by atoms with E-state index < -0.39 is 21.5 Å². The summed E-state index contributed by atoms with van der Waals surface area (Å²) in [6.45, 7) is 1.47. The maximum Gasteiger partial charge on any atom is 0.354 e. The Bertz CT molecular complexity index is 1120. The fourth-order valence-corrected chi connectivity index (χ4v) is 6.71. The van der Waals surface area contributed by atoms with Crippen LogP contribution in [0.25, 0.3) is 0 Å². The first-order valence-corrected chi connectivity index (χ1v) is 13.1. The Morgan fingerprint density at radius 1 is 1.25 bits per heavy atom. The van der Waals surface area contributed by atoms with Crippen LogP contribution in [0.15, 0.2) is 26.8 Å². The Kier molecular flexibility index (Phi) is 6.71. The number of urea groups is 1. The van der Waals surface area contributed by atoms with Gasteiger partial charge in [-0.2, -0.15) is 0 Å². The number of thiophene rings is 1. The standard InChI is InChI=1S/C22H29N3O5S2/c1-22(28,13-30-11-10-26)18-8-9-19(31-18)32(23,29)25-21(27)24-20-16-6-2-4-14(16)12-15-5-3-7-17(15)20/h8-9,12,26,28H,2-7,10-11,13H2,1H3,(H3,23,24,25,27,29)/t22-,32?/m0/s1. The molecule has 1 heterocycles. The number of aliphatic hydroxyl groups is 2. The lowest BCUT2D eigenvalue weighted by atomic mass is 9.99. The van der Waals surface area contributed by atoms with Gasteiger partial charge >= 0.3 is 6.03 Å². The predicted octanol–water partition coefficient (Wildman–Crippen LogP) is 2.87. The number of hydrogen-bond donors (Lipinski definition) is 4. The van der Waals surface area contributed by atoms with E-state index in [1.54, 1.807) is 13.0 Å². The highest BCUT2D eigenvalue weighted by Crippen LogP contribution is 2.39. The van der Waals surface area contributed by atoms with Gasteiger partial charge in [-0.05, 0) is 79.8 Å². The monoisotopic (exact) mass is 479 g/mol. The summed E-state index contributed by atoms with van der Waals surface area (Å²) in [5.74, 6) is 0. The number of anilines is 1. The summed E-state index contributed by atoms with van der Waals surface area (Å²) in [4.78, 5) is 13.2. The minimum atomic E-state index is -3.48. The SMILES string of the molecule is C[C@](O)(COCCO)c1ccc(S(N)(=O)=NC(=O)Nc2c3c(cc4c2CCC4)CCC3)s1. The van der Waals surface area contributed by atoms with E-state index in [1.165, 1.54) is 17.2 Å². The average molecular weight is 480 g/mol. The topological polar surface area (TPSA) is 134 Å². The first kappa shape index (κ1) is 23.3. The summed E-state index contributed by atoms with van der Waals surface area (Å²) in [7, 11) is -3.48. The van der Waals surface area contributed by atoms with Crippen molar-refractivity contribution in [3.63, 3.8) is 0 Å². The number of nitrogens with one attached hydrogen (secondary N) is 1. The smallest absolute Gasteiger partial charge is 0.354 e. The van der Waals surface area contributed by atoms with E-state index >= 15 is 0 Å². The lowest BCUT2D eigenvalue weighted by Crippen LogP contribution is -2.27. The number of carbonyl (C=O) groups is 1. The van der Waals surface area contributed by atoms with E-state index in [9.17, 15) is 14.1 Å². The van der Waals surface area contributed by atoms with Crippen molar-refractivity contribution in [2.24, 2.45) is 9.50 Å². The molecule has 4 rings (SSSR count). The minimum absolute atomic E-state index is 0.0405. The number of nitrogens with two attached hydrogens (primary N) is 1. The molecule has 1 aromatic carbocycles. The first-order valence-electron chi connectivity index (χ1n) is 10.7. The number of rotatable bonds is 7. The van der Waals surface area contributed by atoms with Crippen LogP contribution in [-0.2, 0) is 45.9 Å². The molecule has 0 saturated carbocycles. The van der Waals surface area contributed by atoms with Gasteiger partial charge in [-0.15, -0.1) is 15.7 Å². The van der Waals surface area contributed by atoms with Crippen LogP contribution in [-0.4, -0.2) is 40.3 Å². The molecule has 1 aromatic heterocycles. The van der Waals surface area contributed by atoms with E-state index in [2.05, 4.69) is 15.7 Å². The normalized spacial score (nSPS) is 18.5. The number of amides is 2. The summed E-state index contributed by atoms with van der Waals surface area (Å²) in [5.41, 5.74) is 4.37. The van der Waals surface area contributed by atoms with Crippen molar-refractivity contribution in [1.82, 2.24) is 0 Å². The van der Waals surface area contributed by atoms with Gasteiger partial charge in [-0.1, -0.05) is 6.07 Å². The molecule has 0 radical (unpaired) electrons. The van der Waals surface area contributed by atoms with Crippen molar-refractivity contribution in [1.29, 1.82) is 0 Å². The van der Waals surface area contributed by atoms with Crippen LogP contribution in [0.5, 0.6) is 0 Å². The van der Waals surface area contributed by atoms with Crippen molar-refractivity contribution < 1.29 is 24.0 Å². The number of ether oxygens (including phenoxy) is 1. The van der Waals surface area contributed by atoms with Crippen LogP contribution in [0.2, 0.25) is 0 Å². The molecule has 2 aliphatic rings. The van der Waals surface area contributed by atoms with Gasteiger partial charge < -0.3 is 20.3 Å². The zero-order valence-electron chi connectivity index (χ0n) is 18.1. The van der Waals surface area contributed by atoms with E-state index in [0.29, 0.717) is 4.88 Å². The molecular weight excluding hydrogens is 450 g/mol. The highest BCUT2D eigenvalue weighted by molar-refractivity contribution is 7.93. The molecule has 0 fully saturated rings. The Balaban J connectivity index is 1.56. The Hall–Kier alpha value is -1.82. The second-order valence-corrected chi connectivity index (χ2v) is 11.6. The third-order valence-electron chi connectivity index (χ3n) is 5.94. The first-order chi connectivity index (χ1) is 15.2. The lowest BCUT2D eigenvalue weighted by Gasteiger charge is -2.21. The van der Waals surface area contributed by atoms with E-state index in [-0.39, 0.29) is 24.0 Å². The molecule has 1 unspecified atom stereocenters. The molecule has 0 spiro atoms. The second-order valence-electron chi connectivity index (χ2n) is 8.49. The molecule has 0 aliphatic heterocycles. The number of hydrogen-bond acceptors (Lipinski definition) is 6. The fourth-order valence-electron chi connectivity index (χ4n) is 4.44. The Labute approximate surface area is 192 Å². The van der Waals surface area contributed by atoms with Crippen LogP contribution in [0.3, 0.4) is 0 Å². The molecule has 5 N–H and O–H groups in total. The van der Waals surface area contributed by atoms with Crippen molar-refractivity contribution in [3.8, 4) is 0 Å². The predicted molar refractivity (Wildman–Crippen MR) is 124 cm³/mol. The molecule has 0 saturated heterocycles. The van der Waals surface area contributed by atoms with Gasteiger partial charge in [-0.25, -0.2) is 14.1 Å². The third-order valence-corrected chi connectivity index (χ3v) is 9.19. The number of aryl methyl sites for hydroxylation is 2. The highest BCUT2D eigenvalue weighted by Gasteiger charge is 2.28. The molecule has 174 valence electrons. The molecule has 2 aromatic rings. The van der Waals surface area contributed by atoms with E-state index in [1.807, 2.05) is 0 Å². The van der Waals surface area contributed by atoms with Crippen molar-refractivity contribution in [2.45, 2.75) is 55.3 Å². The van der Waals surface area contributed by atoms with Gasteiger partial charge in [0.1, 0.15) is 9.81 Å². The zero-order valence-corrected chi connectivity index (χ0v) is 19.7. The maximum absolute atomic E-state index is 13.1. The van der Waals surface area contributed by atoms with Gasteiger partial charge in [0.2, 0.25) is 0 Å². The summed E-state index contributed by atoms with van der Waals surface area (Å²) < 4.78 is 22.3. The van der Waals surface area contributed by atoms with Crippen molar-refractivity contribution >= 4 is 33.0 Å². The molecular formula is C22H29N3O5S2. The molecule has 2 amide bonds. The van der Waals surface area contributed by atoms with Crippen LogP contribution < -0.4 is 10.5 Å². The Morgan fingerprint density at radius 3 is 2.53 bits per heavy atom. The molecule has 2 aliphatic carbocycles. The number of aliphatic hydroxyl groups excluding tert-OH is 1. The molecule has 0 bridgehead atoms. The summed E-state index contributed by atoms with van der Waals surface area (Å²) >= 11 is 1.03. The van der Waals surface area contributed by atoms with Crippen LogP contribution in [0, 0.1) is 0 Å². The minimum Gasteiger partial charge on any atom is -0.394 e. The van der Waals surface area contributed by atoms with Crippen molar-refractivity contribution in [2.75, 3.05) is 25.1 Å². The molecule has 8 nitrogen and oxygen atoms in total.